The number of hydrogen-bond acceptors (Lipinski definition) is 6. The van der Waals surface area contributed by atoms with Crippen molar-refractivity contribution in [2.75, 3.05) is 42.9 Å². The summed E-state index contributed by atoms with van der Waals surface area (Å²) in [5, 5.41) is 3.78. The Labute approximate surface area is 158 Å². The van der Waals surface area contributed by atoms with Crippen molar-refractivity contribution in [3.05, 3.63) is 35.0 Å². The van der Waals surface area contributed by atoms with Gasteiger partial charge < -0.3 is 10.2 Å². The number of nitrogens with one attached hydrogen (secondary N) is 1. The molecule has 0 bridgehead atoms. The molecule has 2 aromatic rings. The highest BCUT2D eigenvalue weighted by Gasteiger charge is 2.20. The van der Waals surface area contributed by atoms with Crippen LogP contribution in [0.25, 0.3) is 0 Å². The van der Waals surface area contributed by atoms with Crippen molar-refractivity contribution in [2.24, 2.45) is 0 Å². The van der Waals surface area contributed by atoms with E-state index in [1.165, 1.54) is 23.4 Å². The average molecular weight is 372 g/mol. The Balaban J connectivity index is 1.30. The van der Waals surface area contributed by atoms with Gasteiger partial charge in [0.1, 0.15) is 5.82 Å². The van der Waals surface area contributed by atoms with Crippen LogP contribution in [0.3, 0.4) is 0 Å². The standard InChI is InChI=1S/C19H25N5OS/c25-18(22-19-21-15-6-1-2-7-16(15)26-19)14-23-10-5-11-24(13-12-23)17-8-3-4-9-20-17/h3-4,8-9H,1-2,5-7,10-14H2,(H,21,22,25). The third-order valence-electron chi connectivity index (χ3n) is 5.02. The molecule has 0 atom stereocenters. The fourth-order valence-electron chi connectivity index (χ4n) is 3.67. The van der Waals surface area contributed by atoms with Gasteiger partial charge in [-0.1, -0.05) is 6.07 Å². The van der Waals surface area contributed by atoms with E-state index in [1.807, 2.05) is 24.4 Å². The molecule has 0 spiro atoms. The number of aryl methyl sites for hydroxylation is 2. The van der Waals surface area contributed by atoms with E-state index >= 15 is 0 Å². The van der Waals surface area contributed by atoms with Crippen LogP contribution in [0.1, 0.15) is 29.8 Å². The zero-order chi connectivity index (χ0) is 17.8. The van der Waals surface area contributed by atoms with Gasteiger partial charge in [0.25, 0.3) is 0 Å². The Bertz CT molecular complexity index is 724. The molecular formula is C19H25N5OS. The highest BCUT2D eigenvalue weighted by Crippen LogP contribution is 2.29. The summed E-state index contributed by atoms with van der Waals surface area (Å²) in [4.78, 5) is 27.4. The molecule has 138 valence electrons. The second-order valence-corrected chi connectivity index (χ2v) is 8.03. The van der Waals surface area contributed by atoms with E-state index < -0.39 is 0 Å². The van der Waals surface area contributed by atoms with Crippen LogP contribution in [-0.4, -0.2) is 53.5 Å². The lowest BCUT2D eigenvalue weighted by atomic mass is 10.0. The number of fused-ring (bicyclic) bond motifs is 1. The van der Waals surface area contributed by atoms with E-state index in [-0.39, 0.29) is 5.91 Å². The zero-order valence-electron chi connectivity index (χ0n) is 15.0. The van der Waals surface area contributed by atoms with Gasteiger partial charge in [-0.2, -0.15) is 0 Å². The van der Waals surface area contributed by atoms with Gasteiger partial charge in [0.15, 0.2) is 5.13 Å². The summed E-state index contributed by atoms with van der Waals surface area (Å²) in [6, 6.07) is 6.01. The topological polar surface area (TPSA) is 61.4 Å². The minimum atomic E-state index is 0.0439. The number of carbonyl (C=O) groups is 1. The second kappa shape index (κ2) is 8.14. The summed E-state index contributed by atoms with van der Waals surface area (Å²) in [6.07, 6.45) is 7.48. The van der Waals surface area contributed by atoms with Crippen molar-refractivity contribution in [3.63, 3.8) is 0 Å². The molecule has 2 aliphatic rings. The van der Waals surface area contributed by atoms with Crippen LogP contribution in [0.5, 0.6) is 0 Å². The molecule has 1 aliphatic heterocycles. The summed E-state index contributed by atoms with van der Waals surface area (Å²) in [5.41, 5.74) is 1.19. The van der Waals surface area contributed by atoms with Crippen LogP contribution in [0, 0.1) is 0 Å². The number of anilines is 2. The zero-order valence-corrected chi connectivity index (χ0v) is 15.8. The van der Waals surface area contributed by atoms with Gasteiger partial charge in [-0.25, -0.2) is 9.97 Å². The van der Waals surface area contributed by atoms with Crippen molar-refractivity contribution in [3.8, 4) is 0 Å². The van der Waals surface area contributed by atoms with Crippen LogP contribution < -0.4 is 10.2 Å². The maximum atomic E-state index is 12.4. The Morgan fingerprint density at radius 1 is 1.12 bits per heavy atom. The van der Waals surface area contributed by atoms with Crippen LogP contribution in [0.2, 0.25) is 0 Å². The van der Waals surface area contributed by atoms with Crippen molar-refractivity contribution in [1.29, 1.82) is 0 Å². The first-order valence-corrected chi connectivity index (χ1v) is 10.3. The molecule has 1 aliphatic carbocycles. The van der Waals surface area contributed by atoms with E-state index in [9.17, 15) is 4.79 Å². The third kappa shape index (κ3) is 4.22. The quantitative estimate of drug-likeness (QED) is 0.895. The molecule has 1 fully saturated rings. The lowest BCUT2D eigenvalue weighted by molar-refractivity contribution is -0.117. The average Bonchev–Trinajstić information content (AvgIpc) is 2.92. The minimum absolute atomic E-state index is 0.0439. The molecule has 6 nitrogen and oxygen atoms in total. The summed E-state index contributed by atoms with van der Waals surface area (Å²) in [6.45, 7) is 4.12. The lowest BCUT2D eigenvalue weighted by Gasteiger charge is -2.22. The predicted molar refractivity (Wildman–Crippen MR) is 105 cm³/mol. The summed E-state index contributed by atoms with van der Waals surface area (Å²) >= 11 is 1.65. The van der Waals surface area contributed by atoms with E-state index in [0.29, 0.717) is 6.54 Å². The Morgan fingerprint density at radius 3 is 2.88 bits per heavy atom. The first-order chi connectivity index (χ1) is 12.8. The molecule has 7 heteroatoms. The molecule has 2 aromatic heterocycles. The number of amides is 1. The molecule has 1 amide bonds. The van der Waals surface area contributed by atoms with Gasteiger partial charge in [-0.05, 0) is 44.2 Å². The van der Waals surface area contributed by atoms with Gasteiger partial charge in [0.05, 0.1) is 12.2 Å². The molecule has 0 aromatic carbocycles. The first kappa shape index (κ1) is 17.4. The number of hydrogen-bond donors (Lipinski definition) is 1. The molecule has 1 saturated heterocycles. The molecule has 0 radical (unpaired) electrons. The maximum absolute atomic E-state index is 12.4. The lowest BCUT2D eigenvalue weighted by Crippen LogP contribution is -2.36. The first-order valence-electron chi connectivity index (χ1n) is 9.45. The Kier molecular flexibility index (Phi) is 5.45. The van der Waals surface area contributed by atoms with Crippen LogP contribution in [0.4, 0.5) is 10.9 Å². The van der Waals surface area contributed by atoms with Crippen molar-refractivity contribution < 1.29 is 4.79 Å². The number of pyridine rings is 1. The van der Waals surface area contributed by atoms with Gasteiger partial charge in [-0.3, -0.25) is 9.69 Å². The van der Waals surface area contributed by atoms with Gasteiger partial charge in [-0.15, -0.1) is 11.3 Å². The highest BCUT2D eigenvalue weighted by atomic mass is 32.1. The van der Waals surface area contributed by atoms with Gasteiger partial charge in [0.2, 0.25) is 5.91 Å². The second-order valence-electron chi connectivity index (χ2n) is 6.95. The normalized spacial score (nSPS) is 18.2. The highest BCUT2D eigenvalue weighted by molar-refractivity contribution is 7.15. The van der Waals surface area contributed by atoms with E-state index in [4.69, 9.17) is 0 Å². The molecule has 4 rings (SSSR count). The van der Waals surface area contributed by atoms with Gasteiger partial charge in [0, 0.05) is 37.3 Å². The SMILES string of the molecule is O=C(CN1CCCN(c2ccccn2)CC1)Nc1nc2c(s1)CCCC2. The van der Waals surface area contributed by atoms with E-state index in [0.717, 1.165) is 56.4 Å². The third-order valence-corrected chi connectivity index (χ3v) is 6.09. The number of nitrogens with zero attached hydrogens (tertiary/aromatic N) is 4. The van der Waals surface area contributed by atoms with Crippen LogP contribution in [-0.2, 0) is 17.6 Å². The monoisotopic (exact) mass is 371 g/mol. The summed E-state index contributed by atoms with van der Waals surface area (Å²) in [5.74, 6) is 1.06. The van der Waals surface area contributed by atoms with Crippen molar-refractivity contribution in [2.45, 2.75) is 32.1 Å². The van der Waals surface area contributed by atoms with E-state index in [2.05, 4.69) is 25.1 Å². The van der Waals surface area contributed by atoms with Crippen LogP contribution in [0.15, 0.2) is 24.4 Å². The van der Waals surface area contributed by atoms with Crippen molar-refractivity contribution in [1.82, 2.24) is 14.9 Å². The Hall–Kier alpha value is -1.99. The van der Waals surface area contributed by atoms with Gasteiger partial charge >= 0.3 is 0 Å². The molecule has 0 unspecified atom stereocenters. The number of thiazole rings is 1. The Morgan fingerprint density at radius 2 is 2.04 bits per heavy atom. The minimum Gasteiger partial charge on any atom is -0.355 e. The maximum Gasteiger partial charge on any atom is 0.240 e. The number of carbonyl (C=O) groups excluding carboxylic acids is 1. The van der Waals surface area contributed by atoms with E-state index in [1.54, 1.807) is 11.3 Å². The molecule has 26 heavy (non-hydrogen) atoms. The molecule has 1 N–H and O–H groups in total. The molecule has 3 heterocycles. The summed E-state index contributed by atoms with van der Waals surface area (Å²) in [7, 11) is 0. The molecule has 0 saturated carbocycles. The smallest absolute Gasteiger partial charge is 0.240 e. The summed E-state index contributed by atoms with van der Waals surface area (Å²) < 4.78 is 0. The largest absolute Gasteiger partial charge is 0.355 e. The fourth-order valence-corrected chi connectivity index (χ4v) is 4.73. The predicted octanol–water partition coefficient (Wildman–Crippen LogP) is 2.57. The van der Waals surface area contributed by atoms with Crippen LogP contribution >= 0.6 is 11.3 Å². The van der Waals surface area contributed by atoms with Crippen molar-refractivity contribution >= 4 is 28.2 Å². The number of rotatable bonds is 4. The number of aromatic nitrogens is 2. The molecular weight excluding hydrogens is 346 g/mol. The fraction of sp³-hybridized carbons (Fsp3) is 0.526.